The van der Waals surface area contributed by atoms with Crippen molar-refractivity contribution in [3.05, 3.63) is 24.4 Å². The Morgan fingerprint density at radius 1 is 1.31 bits per heavy atom. The molecule has 1 heterocycles. The van der Waals surface area contributed by atoms with E-state index in [0.717, 1.165) is 16.6 Å². The molecular formula is C13H19N3. The van der Waals surface area contributed by atoms with Crippen LogP contribution in [0.15, 0.2) is 24.4 Å². The van der Waals surface area contributed by atoms with Crippen molar-refractivity contribution in [3.8, 4) is 0 Å². The molecule has 3 nitrogen and oxygen atoms in total. The number of para-hydroxylation sites is 1. The molecule has 0 saturated heterocycles. The first-order valence-corrected chi connectivity index (χ1v) is 5.85. The van der Waals surface area contributed by atoms with Gasteiger partial charge in [0.1, 0.15) is 0 Å². The van der Waals surface area contributed by atoms with E-state index in [9.17, 15) is 0 Å². The largest absolute Gasteiger partial charge is 0.381 e. The second-order valence-corrected chi connectivity index (χ2v) is 4.81. The van der Waals surface area contributed by atoms with Crippen molar-refractivity contribution in [1.29, 1.82) is 0 Å². The molecule has 0 spiro atoms. The molecule has 1 aromatic heterocycles. The fourth-order valence-corrected chi connectivity index (χ4v) is 2.12. The molecule has 2 aromatic rings. The highest BCUT2D eigenvalue weighted by Crippen LogP contribution is 2.22. The molecule has 16 heavy (non-hydrogen) atoms. The fraction of sp³-hybridized carbons (Fsp3) is 0.462. The van der Waals surface area contributed by atoms with Crippen molar-refractivity contribution in [2.45, 2.75) is 33.2 Å². The molecule has 2 rings (SSSR count). The monoisotopic (exact) mass is 217 g/mol. The first-order valence-electron chi connectivity index (χ1n) is 5.85. The minimum Gasteiger partial charge on any atom is -0.381 e. The number of hydrogen-bond acceptors (Lipinski definition) is 2. The Balaban J connectivity index is 2.17. The summed E-state index contributed by atoms with van der Waals surface area (Å²) in [6, 6.07) is 6.70. The fourth-order valence-electron chi connectivity index (χ4n) is 2.12. The van der Waals surface area contributed by atoms with Crippen molar-refractivity contribution in [3.63, 3.8) is 0 Å². The lowest BCUT2D eigenvalue weighted by Crippen LogP contribution is -2.17. The lowest BCUT2D eigenvalue weighted by Gasteiger charge is -2.17. The molecule has 0 aliphatic heterocycles. The molecule has 0 amide bonds. The number of aromatic amines is 1. The number of hydrogen-bond donors (Lipinski definition) is 2. The zero-order chi connectivity index (χ0) is 11.5. The summed E-state index contributed by atoms with van der Waals surface area (Å²) < 4.78 is 0. The number of nitrogens with zero attached hydrogens (tertiary/aromatic N) is 1. The van der Waals surface area contributed by atoms with E-state index in [4.69, 9.17) is 0 Å². The van der Waals surface area contributed by atoms with Crippen LogP contribution in [0, 0.1) is 5.92 Å². The molecule has 3 heteroatoms. The van der Waals surface area contributed by atoms with Crippen LogP contribution in [0.1, 0.15) is 27.2 Å². The van der Waals surface area contributed by atoms with Crippen molar-refractivity contribution < 1.29 is 0 Å². The maximum Gasteiger partial charge on any atom is 0.0881 e. The summed E-state index contributed by atoms with van der Waals surface area (Å²) in [7, 11) is 0. The van der Waals surface area contributed by atoms with Gasteiger partial charge in [0.15, 0.2) is 0 Å². The summed E-state index contributed by atoms with van der Waals surface area (Å²) in [5.74, 6) is 0.712. The van der Waals surface area contributed by atoms with E-state index in [0.29, 0.717) is 12.0 Å². The molecule has 0 unspecified atom stereocenters. The topological polar surface area (TPSA) is 40.7 Å². The molecule has 0 bridgehead atoms. The summed E-state index contributed by atoms with van der Waals surface area (Å²) in [4.78, 5) is 0. The highest BCUT2D eigenvalue weighted by atomic mass is 15.1. The van der Waals surface area contributed by atoms with E-state index < -0.39 is 0 Å². The van der Waals surface area contributed by atoms with Crippen LogP contribution in [0.25, 0.3) is 10.9 Å². The predicted octanol–water partition coefficient (Wildman–Crippen LogP) is 3.41. The van der Waals surface area contributed by atoms with Gasteiger partial charge in [-0.2, -0.15) is 5.10 Å². The average molecular weight is 217 g/mol. The van der Waals surface area contributed by atoms with Crippen molar-refractivity contribution in [1.82, 2.24) is 10.2 Å². The van der Waals surface area contributed by atoms with Gasteiger partial charge in [0.2, 0.25) is 0 Å². The number of benzene rings is 1. The molecule has 0 fully saturated rings. The van der Waals surface area contributed by atoms with Gasteiger partial charge in [-0.15, -0.1) is 0 Å². The number of fused-ring (bicyclic) bond motifs is 1. The second-order valence-electron chi connectivity index (χ2n) is 4.81. The van der Waals surface area contributed by atoms with Crippen LogP contribution in [0.4, 0.5) is 5.69 Å². The van der Waals surface area contributed by atoms with E-state index in [1.807, 2.05) is 6.20 Å². The Hall–Kier alpha value is -1.51. The normalized spacial score (nSPS) is 13.2. The smallest absolute Gasteiger partial charge is 0.0881 e. The number of aromatic nitrogens is 2. The molecule has 1 atom stereocenters. The molecule has 0 saturated carbocycles. The highest BCUT2D eigenvalue weighted by molar-refractivity contribution is 5.89. The molecule has 1 aromatic carbocycles. The minimum atomic E-state index is 0.480. The molecule has 0 aliphatic rings. The maximum absolute atomic E-state index is 4.07. The average Bonchev–Trinajstić information content (AvgIpc) is 2.65. The van der Waals surface area contributed by atoms with Crippen LogP contribution in [0.3, 0.4) is 0 Å². The Labute approximate surface area is 96.2 Å². The van der Waals surface area contributed by atoms with Gasteiger partial charge in [0, 0.05) is 11.4 Å². The van der Waals surface area contributed by atoms with Crippen LogP contribution >= 0.6 is 0 Å². The number of H-pyrrole nitrogens is 1. The van der Waals surface area contributed by atoms with E-state index >= 15 is 0 Å². The van der Waals surface area contributed by atoms with Crippen LogP contribution in [0.5, 0.6) is 0 Å². The van der Waals surface area contributed by atoms with Gasteiger partial charge in [0.05, 0.1) is 17.4 Å². The molecular weight excluding hydrogens is 198 g/mol. The lowest BCUT2D eigenvalue weighted by atomic mass is 10.0. The zero-order valence-electron chi connectivity index (χ0n) is 10.1. The highest BCUT2D eigenvalue weighted by Gasteiger charge is 2.07. The molecule has 0 aliphatic carbocycles. The Bertz CT molecular complexity index is 459. The van der Waals surface area contributed by atoms with E-state index in [1.54, 1.807) is 0 Å². The first kappa shape index (κ1) is 11.0. The second kappa shape index (κ2) is 4.56. The summed E-state index contributed by atoms with van der Waals surface area (Å²) in [5.41, 5.74) is 2.24. The van der Waals surface area contributed by atoms with Gasteiger partial charge >= 0.3 is 0 Å². The zero-order valence-corrected chi connectivity index (χ0v) is 10.1. The van der Waals surface area contributed by atoms with E-state index in [2.05, 4.69) is 54.5 Å². The van der Waals surface area contributed by atoms with Gasteiger partial charge < -0.3 is 5.32 Å². The van der Waals surface area contributed by atoms with Gasteiger partial charge in [-0.3, -0.25) is 5.10 Å². The van der Waals surface area contributed by atoms with Gasteiger partial charge in [-0.25, -0.2) is 0 Å². The van der Waals surface area contributed by atoms with E-state index in [-0.39, 0.29) is 0 Å². The summed E-state index contributed by atoms with van der Waals surface area (Å²) in [6.07, 6.45) is 3.03. The third-order valence-corrected chi connectivity index (χ3v) is 2.70. The SMILES string of the molecule is CC(C)C[C@@H](C)Nc1cccc2cn[nH]c12. The number of nitrogens with one attached hydrogen (secondary N) is 2. The van der Waals surface area contributed by atoms with Gasteiger partial charge in [0.25, 0.3) is 0 Å². The van der Waals surface area contributed by atoms with Crippen LogP contribution < -0.4 is 5.32 Å². The Morgan fingerprint density at radius 2 is 2.12 bits per heavy atom. The molecule has 86 valence electrons. The van der Waals surface area contributed by atoms with Crippen LogP contribution in [-0.2, 0) is 0 Å². The van der Waals surface area contributed by atoms with Crippen LogP contribution in [0.2, 0.25) is 0 Å². The molecule has 0 radical (unpaired) electrons. The van der Waals surface area contributed by atoms with Gasteiger partial charge in [-0.1, -0.05) is 26.0 Å². The number of rotatable bonds is 4. The van der Waals surface area contributed by atoms with Crippen molar-refractivity contribution in [2.75, 3.05) is 5.32 Å². The summed E-state index contributed by atoms with van der Waals surface area (Å²) in [5, 5.41) is 11.8. The van der Waals surface area contributed by atoms with Crippen molar-refractivity contribution >= 4 is 16.6 Å². The van der Waals surface area contributed by atoms with Crippen LogP contribution in [-0.4, -0.2) is 16.2 Å². The minimum absolute atomic E-state index is 0.480. The summed E-state index contributed by atoms with van der Waals surface area (Å²) in [6.45, 7) is 6.71. The van der Waals surface area contributed by atoms with Gasteiger partial charge in [-0.05, 0) is 25.3 Å². The standard InChI is InChI=1S/C13H19N3/c1-9(2)7-10(3)15-12-6-4-5-11-8-14-16-13(11)12/h4-6,8-10,15H,7H2,1-3H3,(H,14,16)/t10-/m1/s1. The summed E-state index contributed by atoms with van der Waals surface area (Å²) >= 11 is 0. The van der Waals surface area contributed by atoms with Crippen molar-refractivity contribution in [2.24, 2.45) is 5.92 Å². The predicted molar refractivity (Wildman–Crippen MR) is 68.6 cm³/mol. The lowest BCUT2D eigenvalue weighted by molar-refractivity contribution is 0.540. The quantitative estimate of drug-likeness (QED) is 0.824. The number of anilines is 1. The first-order chi connectivity index (χ1) is 7.66. The van der Waals surface area contributed by atoms with E-state index in [1.165, 1.54) is 6.42 Å². The Kier molecular flexibility index (Phi) is 3.13. The third kappa shape index (κ3) is 2.35. The molecule has 2 N–H and O–H groups in total. The third-order valence-electron chi connectivity index (χ3n) is 2.70. The maximum atomic E-state index is 4.07. The Morgan fingerprint density at radius 3 is 2.88 bits per heavy atom.